The lowest BCUT2D eigenvalue weighted by molar-refractivity contribution is 0.340. The van der Waals surface area contributed by atoms with Crippen molar-refractivity contribution < 1.29 is 4.74 Å². The zero-order chi connectivity index (χ0) is 12.0. The Morgan fingerprint density at radius 2 is 2.25 bits per heavy atom. The van der Waals surface area contributed by atoms with Crippen LogP contribution in [-0.2, 0) is 0 Å². The van der Waals surface area contributed by atoms with E-state index in [4.69, 9.17) is 10.5 Å². The third-order valence-electron chi connectivity index (χ3n) is 1.81. The number of nitrogens with zero attached hydrogens (tertiary/aromatic N) is 1. The van der Waals surface area contributed by atoms with Gasteiger partial charge in [0, 0.05) is 17.8 Å². The van der Waals surface area contributed by atoms with E-state index < -0.39 is 0 Å². The molecular weight excluding hydrogens is 202 g/mol. The maximum atomic E-state index is 5.73. The van der Waals surface area contributed by atoms with Gasteiger partial charge in [0.05, 0.1) is 6.61 Å². The van der Waals surface area contributed by atoms with Crippen LogP contribution in [-0.4, -0.2) is 18.6 Å². The van der Waals surface area contributed by atoms with Gasteiger partial charge >= 0.3 is 0 Å². The number of nitrogens with one attached hydrogen (secondary N) is 1. The summed E-state index contributed by atoms with van der Waals surface area (Å²) in [7, 11) is 0. The highest BCUT2D eigenvalue weighted by Gasteiger charge is 1.98. The molecule has 0 unspecified atom stereocenters. The summed E-state index contributed by atoms with van der Waals surface area (Å²) in [5.41, 5.74) is 6.61. The van der Waals surface area contributed by atoms with E-state index in [1.54, 1.807) is 0 Å². The number of hydrogen-bond donors (Lipinski definition) is 2. The van der Waals surface area contributed by atoms with Gasteiger partial charge in [-0.2, -0.15) is 0 Å². The molecule has 0 aromatic heterocycles. The van der Waals surface area contributed by atoms with Crippen molar-refractivity contribution in [2.75, 3.05) is 11.9 Å². The van der Waals surface area contributed by atoms with Gasteiger partial charge in [-0.15, -0.1) is 0 Å². The average molecular weight is 221 g/mol. The minimum absolute atomic E-state index is 0.183. The second-order valence-corrected chi connectivity index (χ2v) is 3.69. The van der Waals surface area contributed by atoms with Crippen LogP contribution in [0.15, 0.2) is 29.3 Å². The molecule has 0 aliphatic carbocycles. The van der Waals surface area contributed by atoms with E-state index in [2.05, 4.69) is 10.3 Å². The number of aliphatic imine (C=N–C) groups is 1. The van der Waals surface area contributed by atoms with Gasteiger partial charge in [0.15, 0.2) is 5.96 Å². The maximum Gasteiger partial charge on any atom is 0.193 e. The summed E-state index contributed by atoms with van der Waals surface area (Å²) in [5, 5.41) is 3.02. The molecule has 0 aliphatic heterocycles. The van der Waals surface area contributed by atoms with Crippen LogP contribution >= 0.6 is 0 Å². The lowest BCUT2D eigenvalue weighted by atomic mass is 10.3. The number of nitrogens with two attached hydrogens (primary N) is 1. The molecule has 0 atom stereocenters. The molecule has 4 heteroatoms. The van der Waals surface area contributed by atoms with E-state index in [0.29, 0.717) is 12.6 Å². The Kier molecular flexibility index (Phi) is 4.64. The SMILES string of the molecule is CCOc1cccc(NC(N)=NC(C)C)c1. The number of ether oxygens (including phenoxy) is 1. The Morgan fingerprint density at radius 1 is 1.50 bits per heavy atom. The molecule has 0 bridgehead atoms. The molecule has 0 saturated heterocycles. The van der Waals surface area contributed by atoms with Crippen molar-refractivity contribution in [3.8, 4) is 5.75 Å². The normalized spacial score (nSPS) is 11.6. The minimum atomic E-state index is 0.183. The van der Waals surface area contributed by atoms with Crippen molar-refractivity contribution in [3.05, 3.63) is 24.3 Å². The molecule has 0 saturated carbocycles. The first kappa shape index (κ1) is 12.4. The van der Waals surface area contributed by atoms with Gasteiger partial charge in [0.25, 0.3) is 0 Å². The van der Waals surface area contributed by atoms with Gasteiger partial charge in [-0.3, -0.25) is 4.99 Å². The first-order valence-corrected chi connectivity index (χ1v) is 5.45. The minimum Gasteiger partial charge on any atom is -0.494 e. The lowest BCUT2D eigenvalue weighted by Gasteiger charge is -2.09. The van der Waals surface area contributed by atoms with Crippen LogP contribution in [0.4, 0.5) is 5.69 Å². The largest absolute Gasteiger partial charge is 0.494 e. The first-order chi connectivity index (χ1) is 7.61. The molecule has 4 nitrogen and oxygen atoms in total. The fraction of sp³-hybridized carbons (Fsp3) is 0.417. The van der Waals surface area contributed by atoms with Crippen LogP contribution < -0.4 is 15.8 Å². The first-order valence-electron chi connectivity index (χ1n) is 5.45. The third kappa shape index (κ3) is 4.21. The van der Waals surface area contributed by atoms with Gasteiger partial charge in [0.2, 0.25) is 0 Å². The number of hydrogen-bond acceptors (Lipinski definition) is 2. The van der Waals surface area contributed by atoms with Crippen molar-refractivity contribution in [1.29, 1.82) is 0 Å². The van der Waals surface area contributed by atoms with Crippen LogP contribution in [0.25, 0.3) is 0 Å². The predicted octanol–water partition coefficient (Wildman–Crippen LogP) is 2.22. The van der Waals surface area contributed by atoms with E-state index in [-0.39, 0.29) is 6.04 Å². The van der Waals surface area contributed by atoms with Crippen molar-refractivity contribution >= 4 is 11.6 Å². The molecule has 88 valence electrons. The summed E-state index contributed by atoms with van der Waals surface area (Å²) in [6.45, 7) is 6.56. The second-order valence-electron chi connectivity index (χ2n) is 3.69. The molecule has 1 rings (SSSR count). The molecule has 0 radical (unpaired) electrons. The van der Waals surface area contributed by atoms with Crippen molar-refractivity contribution in [3.63, 3.8) is 0 Å². The van der Waals surface area contributed by atoms with Crippen LogP contribution in [0, 0.1) is 0 Å². The lowest BCUT2D eigenvalue weighted by Crippen LogP contribution is -2.23. The summed E-state index contributed by atoms with van der Waals surface area (Å²) < 4.78 is 5.39. The summed E-state index contributed by atoms with van der Waals surface area (Å²) in [5.74, 6) is 1.24. The van der Waals surface area contributed by atoms with Crippen molar-refractivity contribution in [2.45, 2.75) is 26.8 Å². The molecule has 0 spiro atoms. The predicted molar refractivity (Wildman–Crippen MR) is 68.0 cm³/mol. The molecule has 0 aliphatic rings. The summed E-state index contributed by atoms with van der Waals surface area (Å²) in [4.78, 5) is 4.19. The highest BCUT2D eigenvalue weighted by atomic mass is 16.5. The van der Waals surface area contributed by atoms with Crippen molar-refractivity contribution in [1.82, 2.24) is 0 Å². The van der Waals surface area contributed by atoms with Crippen LogP contribution in [0.1, 0.15) is 20.8 Å². The Hall–Kier alpha value is -1.71. The van der Waals surface area contributed by atoms with E-state index in [1.165, 1.54) is 0 Å². The number of benzene rings is 1. The Morgan fingerprint density at radius 3 is 2.88 bits per heavy atom. The number of rotatable bonds is 4. The Bertz CT molecular complexity index is 361. The quantitative estimate of drug-likeness (QED) is 0.605. The summed E-state index contributed by atoms with van der Waals surface area (Å²) in [6.07, 6.45) is 0. The molecule has 16 heavy (non-hydrogen) atoms. The maximum absolute atomic E-state index is 5.73. The zero-order valence-corrected chi connectivity index (χ0v) is 10.0. The Labute approximate surface area is 96.5 Å². The van der Waals surface area contributed by atoms with Gasteiger partial charge in [-0.1, -0.05) is 6.07 Å². The molecule has 1 aromatic carbocycles. The molecule has 0 amide bonds. The van der Waals surface area contributed by atoms with Crippen LogP contribution in [0.2, 0.25) is 0 Å². The topological polar surface area (TPSA) is 59.6 Å². The summed E-state index contributed by atoms with van der Waals surface area (Å²) in [6, 6.07) is 7.82. The van der Waals surface area contributed by atoms with Gasteiger partial charge in [-0.25, -0.2) is 0 Å². The molecule has 1 aromatic rings. The molecular formula is C12H19N3O. The monoisotopic (exact) mass is 221 g/mol. The second kappa shape index (κ2) is 6.00. The van der Waals surface area contributed by atoms with Crippen LogP contribution in [0.3, 0.4) is 0 Å². The van der Waals surface area contributed by atoms with Crippen LogP contribution in [0.5, 0.6) is 5.75 Å². The fourth-order valence-corrected chi connectivity index (χ4v) is 1.29. The highest BCUT2D eigenvalue weighted by Crippen LogP contribution is 2.16. The van der Waals surface area contributed by atoms with E-state index in [0.717, 1.165) is 11.4 Å². The van der Waals surface area contributed by atoms with E-state index >= 15 is 0 Å². The number of anilines is 1. The fourth-order valence-electron chi connectivity index (χ4n) is 1.29. The highest BCUT2D eigenvalue weighted by molar-refractivity contribution is 5.92. The van der Waals surface area contributed by atoms with E-state index in [1.807, 2.05) is 45.0 Å². The zero-order valence-electron chi connectivity index (χ0n) is 10.0. The van der Waals surface area contributed by atoms with Crippen molar-refractivity contribution in [2.24, 2.45) is 10.7 Å². The average Bonchev–Trinajstić information content (AvgIpc) is 2.17. The summed E-state index contributed by atoms with van der Waals surface area (Å²) >= 11 is 0. The number of guanidine groups is 1. The molecule has 3 N–H and O–H groups in total. The third-order valence-corrected chi connectivity index (χ3v) is 1.81. The standard InChI is InChI=1S/C12H19N3O/c1-4-16-11-7-5-6-10(8-11)15-12(13)14-9(2)3/h5-9H,4H2,1-3H3,(H3,13,14,15). The molecule has 0 fully saturated rings. The molecule has 0 heterocycles. The van der Waals surface area contributed by atoms with E-state index in [9.17, 15) is 0 Å². The smallest absolute Gasteiger partial charge is 0.193 e. The Balaban J connectivity index is 2.70. The van der Waals surface area contributed by atoms with Gasteiger partial charge in [-0.05, 0) is 32.9 Å². The van der Waals surface area contributed by atoms with Gasteiger partial charge < -0.3 is 15.8 Å². The van der Waals surface area contributed by atoms with Gasteiger partial charge in [0.1, 0.15) is 5.75 Å².